The van der Waals surface area contributed by atoms with Crippen LogP contribution in [0.25, 0.3) is 11.0 Å². The molecule has 1 amide bonds. The molecule has 0 unspecified atom stereocenters. The summed E-state index contributed by atoms with van der Waals surface area (Å²) in [6.07, 6.45) is -11.1. The van der Waals surface area contributed by atoms with E-state index in [0.29, 0.717) is 18.2 Å². The van der Waals surface area contributed by atoms with Gasteiger partial charge in [0.05, 0.1) is 5.56 Å². The standard InChI is InChI=1S/C13H5F8NO3/c14-11(15,13(19,20)21)10(24)22-5-1-2-6-7(12(16,17)18)4-9(23)25-8(6)3-5/h1-4H,(H,22,24). The first-order valence-electron chi connectivity index (χ1n) is 6.14. The van der Waals surface area contributed by atoms with Crippen molar-refractivity contribution >= 4 is 22.6 Å². The Morgan fingerprint density at radius 2 is 1.56 bits per heavy atom. The van der Waals surface area contributed by atoms with Gasteiger partial charge in [0.1, 0.15) is 5.58 Å². The number of alkyl halides is 8. The largest absolute Gasteiger partial charge is 0.463 e. The van der Waals surface area contributed by atoms with Crippen molar-refractivity contribution in [3.63, 3.8) is 0 Å². The highest BCUT2D eigenvalue weighted by Crippen LogP contribution is 2.37. The molecule has 1 heterocycles. The Morgan fingerprint density at radius 3 is 2.08 bits per heavy atom. The summed E-state index contributed by atoms with van der Waals surface area (Å²) in [5, 5.41) is 0.561. The number of carbonyl (C=O) groups excluding carboxylic acids is 1. The molecule has 1 aromatic carbocycles. The quantitative estimate of drug-likeness (QED) is 0.639. The molecule has 0 spiro atoms. The molecule has 136 valence electrons. The highest BCUT2D eigenvalue weighted by Gasteiger charge is 2.63. The molecule has 0 fully saturated rings. The first-order chi connectivity index (χ1) is 11.2. The van der Waals surface area contributed by atoms with Crippen molar-refractivity contribution in [1.29, 1.82) is 0 Å². The number of nitrogens with one attached hydrogen (secondary N) is 1. The van der Waals surface area contributed by atoms with Gasteiger partial charge >= 0.3 is 29.8 Å². The van der Waals surface area contributed by atoms with E-state index in [1.165, 1.54) is 5.32 Å². The van der Waals surface area contributed by atoms with Crippen LogP contribution in [-0.2, 0) is 11.0 Å². The number of fused-ring (bicyclic) bond motifs is 1. The van der Waals surface area contributed by atoms with Crippen molar-refractivity contribution in [2.75, 3.05) is 5.32 Å². The van der Waals surface area contributed by atoms with Crippen LogP contribution in [0.5, 0.6) is 0 Å². The van der Waals surface area contributed by atoms with Gasteiger partial charge in [0, 0.05) is 23.2 Å². The van der Waals surface area contributed by atoms with Gasteiger partial charge in [0.2, 0.25) is 0 Å². The molecule has 12 heteroatoms. The minimum atomic E-state index is -6.16. The zero-order chi connectivity index (χ0) is 19.2. The molecule has 25 heavy (non-hydrogen) atoms. The first-order valence-corrected chi connectivity index (χ1v) is 6.14. The number of anilines is 1. The molecular weight excluding hydrogens is 370 g/mol. The minimum Gasteiger partial charge on any atom is -0.423 e. The molecule has 0 aliphatic heterocycles. The van der Waals surface area contributed by atoms with Gasteiger partial charge in [-0.3, -0.25) is 4.79 Å². The lowest BCUT2D eigenvalue weighted by atomic mass is 10.1. The van der Waals surface area contributed by atoms with Crippen molar-refractivity contribution in [3.05, 3.63) is 40.2 Å². The Labute approximate surface area is 132 Å². The maximum atomic E-state index is 12.8. The summed E-state index contributed by atoms with van der Waals surface area (Å²) in [5.74, 6) is -8.47. The topological polar surface area (TPSA) is 59.3 Å². The van der Waals surface area contributed by atoms with Crippen LogP contribution in [0.4, 0.5) is 40.8 Å². The molecule has 4 nitrogen and oxygen atoms in total. The SMILES string of the molecule is O=C(Nc1ccc2c(C(F)(F)F)cc(=O)oc2c1)C(F)(F)C(F)(F)F. The molecule has 2 rings (SSSR count). The van der Waals surface area contributed by atoms with Gasteiger partial charge in [-0.15, -0.1) is 0 Å². The molecule has 2 aromatic rings. The average molecular weight is 375 g/mol. The summed E-state index contributed by atoms with van der Waals surface area (Å²) in [7, 11) is 0. The molecule has 0 atom stereocenters. The number of carbonyl (C=O) groups is 1. The summed E-state index contributed by atoms with van der Waals surface area (Å²) < 4.78 is 105. The van der Waals surface area contributed by atoms with Crippen LogP contribution in [0, 0.1) is 0 Å². The van der Waals surface area contributed by atoms with Crippen LogP contribution >= 0.6 is 0 Å². The van der Waals surface area contributed by atoms with E-state index in [4.69, 9.17) is 0 Å². The number of rotatable bonds is 2. The predicted octanol–water partition coefficient (Wildman–Crippen LogP) is 3.95. The molecule has 0 saturated carbocycles. The Kier molecular flexibility index (Phi) is 4.26. The van der Waals surface area contributed by atoms with Gasteiger partial charge in [-0.2, -0.15) is 35.1 Å². The van der Waals surface area contributed by atoms with Crippen LogP contribution in [0.1, 0.15) is 5.56 Å². The highest BCUT2D eigenvalue weighted by atomic mass is 19.4. The molecule has 0 aliphatic carbocycles. The summed E-state index contributed by atoms with van der Waals surface area (Å²) in [5.41, 5.74) is -4.29. The Morgan fingerprint density at radius 1 is 0.960 bits per heavy atom. The minimum absolute atomic E-state index is 0.151. The summed E-state index contributed by atoms with van der Waals surface area (Å²) in [6, 6.07) is 1.99. The summed E-state index contributed by atoms with van der Waals surface area (Å²) in [4.78, 5) is 22.2. The van der Waals surface area contributed by atoms with Crippen molar-refractivity contribution in [2.45, 2.75) is 18.3 Å². The first kappa shape index (κ1) is 18.7. The maximum Gasteiger partial charge on any atom is 0.463 e. The molecule has 0 bridgehead atoms. The number of hydrogen-bond donors (Lipinski definition) is 1. The normalized spacial score (nSPS) is 13.1. The Bertz CT molecular complexity index is 881. The van der Waals surface area contributed by atoms with Crippen LogP contribution < -0.4 is 10.9 Å². The fourth-order valence-electron chi connectivity index (χ4n) is 1.81. The van der Waals surface area contributed by atoms with Gasteiger partial charge in [-0.1, -0.05) is 0 Å². The lowest BCUT2D eigenvalue weighted by molar-refractivity contribution is -0.267. The molecule has 0 aliphatic rings. The van der Waals surface area contributed by atoms with E-state index in [1.807, 2.05) is 0 Å². The average Bonchev–Trinajstić information content (AvgIpc) is 2.43. The second kappa shape index (κ2) is 5.70. The van der Waals surface area contributed by atoms with E-state index >= 15 is 0 Å². The van der Waals surface area contributed by atoms with Gasteiger partial charge < -0.3 is 9.73 Å². The van der Waals surface area contributed by atoms with Crippen LogP contribution in [0.3, 0.4) is 0 Å². The Balaban J connectivity index is 2.47. The Hall–Kier alpha value is -2.66. The van der Waals surface area contributed by atoms with Crippen molar-refractivity contribution in [3.8, 4) is 0 Å². The lowest BCUT2D eigenvalue weighted by Gasteiger charge is -2.18. The molecule has 1 N–H and O–H groups in total. The van der Waals surface area contributed by atoms with Crippen molar-refractivity contribution in [2.24, 2.45) is 0 Å². The van der Waals surface area contributed by atoms with Crippen LogP contribution in [-0.4, -0.2) is 18.0 Å². The van der Waals surface area contributed by atoms with Gasteiger partial charge in [-0.25, -0.2) is 4.79 Å². The maximum absolute atomic E-state index is 12.8. The zero-order valence-electron chi connectivity index (χ0n) is 11.6. The monoisotopic (exact) mass is 375 g/mol. The van der Waals surface area contributed by atoms with Crippen LogP contribution in [0.15, 0.2) is 33.5 Å². The summed E-state index contributed by atoms with van der Waals surface area (Å²) >= 11 is 0. The van der Waals surface area contributed by atoms with Gasteiger partial charge in [-0.05, 0) is 12.1 Å². The third-order valence-electron chi connectivity index (χ3n) is 2.95. The van der Waals surface area contributed by atoms with E-state index in [2.05, 4.69) is 4.42 Å². The van der Waals surface area contributed by atoms with Gasteiger partial charge in [0.25, 0.3) is 0 Å². The lowest BCUT2D eigenvalue weighted by Crippen LogP contribution is -2.47. The van der Waals surface area contributed by atoms with E-state index in [1.54, 1.807) is 0 Å². The van der Waals surface area contributed by atoms with E-state index in [-0.39, 0.29) is 6.07 Å². The fraction of sp³-hybridized carbons (Fsp3) is 0.231. The van der Waals surface area contributed by atoms with Gasteiger partial charge in [0.15, 0.2) is 0 Å². The molecule has 0 saturated heterocycles. The number of benzene rings is 1. The third-order valence-corrected chi connectivity index (χ3v) is 2.95. The number of hydrogen-bond acceptors (Lipinski definition) is 3. The summed E-state index contributed by atoms with van der Waals surface area (Å²) in [6.45, 7) is 0. The highest BCUT2D eigenvalue weighted by molar-refractivity contribution is 5.98. The fourth-order valence-corrected chi connectivity index (χ4v) is 1.81. The molecular formula is C13H5F8NO3. The van der Waals surface area contributed by atoms with E-state index in [9.17, 15) is 44.7 Å². The molecule has 1 aromatic heterocycles. The number of amides is 1. The zero-order valence-corrected chi connectivity index (χ0v) is 11.6. The van der Waals surface area contributed by atoms with Crippen molar-refractivity contribution in [1.82, 2.24) is 0 Å². The number of halogens is 8. The van der Waals surface area contributed by atoms with E-state index < -0.39 is 52.0 Å². The second-order valence-corrected chi connectivity index (χ2v) is 4.71. The van der Waals surface area contributed by atoms with Crippen molar-refractivity contribution < 1.29 is 44.3 Å². The van der Waals surface area contributed by atoms with Crippen LogP contribution in [0.2, 0.25) is 0 Å². The molecule has 0 radical (unpaired) electrons. The predicted molar refractivity (Wildman–Crippen MR) is 67.1 cm³/mol. The van der Waals surface area contributed by atoms with E-state index in [0.717, 1.165) is 0 Å². The third kappa shape index (κ3) is 3.56. The smallest absolute Gasteiger partial charge is 0.423 e. The second-order valence-electron chi connectivity index (χ2n) is 4.71.